The number of carboxylic acid groups (broad SMARTS) is 1. The molecule has 1 heterocycles. The number of urea groups is 1. The summed E-state index contributed by atoms with van der Waals surface area (Å²) >= 11 is 6.41. The van der Waals surface area contributed by atoms with Crippen LogP contribution in [0.2, 0.25) is 0 Å². The number of aromatic carboxylic acids is 1. The SMILES string of the molecule is O=C(Nc1cn[nH]c1)Nc1c(Br)cc(Br)cc1C(=O)O. The number of nitrogens with one attached hydrogen (secondary N) is 3. The predicted molar refractivity (Wildman–Crippen MR) is 80.0 cm³/mol. The van der Waals surface area contributed by atoms with Crippen molar-refractivity contribution in [1.29, 1.82) is 0 Å². The quantitative estimate of drug-likeness (QED) is 0.630. The number of nitrogens with zero attached hydrogens (tertiary/aromatic N) is 1. The van der Waals surface area contributed by atoms with Crippen molar-refractivity contribution in [1.82, 2.24) is 10.2 Å². The molecule has 0 unspecified atom stereocenters. The van der Waals surface area contributed by atoms with E-state index in [1.807, 2.05) is 0 Å². The first-order chi connectivity index (χ1) is 9.47. The average molecular weight is 404 g/mol. The van der Waals surface area contributed by atoms with Crippen LogP contribution >= 0.6 is 31.9 Å². The predicted octanol–water partition coefficient (Wildman–Crippen LogP) is 3.28. The average Bonchev–Trinajstić information content (AvgIpc) is 2.84. The topological polar surface area (TPSA) is 107 Å². The molecule has 7 nitrogen and oxygen atoms in total. The van der Waals surface area contributed by atoms with Gasteiger partial charge < -0.3 is 15.7 Å². The number of anilines is 2. The van der Waals surface area contributed by atoms with E-state index in [4.69, 9.17) is 5.11 Å². The fraction of sp³-hybridized carbons (Fsp3) is 0. The lowest BCUT2D eigenvalue weighted by Gasteiger charge is -2.11. The molecule has 0 bridgehead atoms. The van der Waals surface area contributed by atoms with Gasteiger partial charge in [0.05, 0.1) is 23.1 Å². The first kappa shape index (κ1) is 14.5. The van der Waals surface area contributed by atoms with Gasteiger partial charge in [0, 0.05) is 15.1 Å². The summed E-state index contributed by atoms with van der Waals surface area (Å²) in [6.45, 7) is 0. The smallest absolute Gasteiger partial charge is 0.337 e. The van der Waals surface area contributed by atoms with Crippen LogP contribution in [0.1, 0.15) is 10.4 Å². The standard InChI is InChI=1S/C11H8Br2N4O3/c12-5-1-7(10(18)19)9(8(13)2-5)17-11(20)16-6-3-14-15-4-6/h1-4H,(H,14,15)(H,18,19)(H2,16,17,20). The Morgan fingerprint density at radius 1 is 1.25 bits per heavy atom. The van der Waals surface area contributed by atoms with Gasteiger partial charge in [0.2, 0.25) is 0 Å². The number of carboxylic acids is 1. The van der Waals surface area contributed by atoms with Gasteiger partial charge in [-0.2, -0.15) is 5.10 Å². The van der Waals surface area contributed by atoms with Crippen molar-refractivity contribution in [2.45, 2.75) is 0 Å². The second-order valence-electron chi connectivity index (χ2n) is 3.68. The van der Waals surface area contributed by atoms with E-state index < -0.39 is 12.0 Å². The van der Waals surface area contributed by atoms with Gasteiger partial charge in [-0.1, -0.05) is 15.9 Å². The van der Waals surface area contributed by atoms with Crippen LogP contribution in [0.3, 0.4) is 0 Å². The van der Waals surface area contributed by atoms with Gasteiger partial charge in [0.15, 0.2) is 0 Å². The van der Waals surface area contributed by atoms with Gasteiger partial charge in [-0.3, -0.25) is 5.10 Å². The number of aromatic amines is 1. The zero-order valence-corrected chi connectivity index (χ0v) is 12.9. The van der Waals surface area contributed by atoms with Crippen molar-refractivity contribution in [2.75, 3.05) is 10.6 Å². The van der Waals surface area contributed by atoms with Crippen molar-refractivity contribution in [3.8, 4) is 0 Å². The molecule has 2 rings (SSSR count). The van der Waals surface area contributed by atoms with Crippen molar-refractivity contribution in [3.05, 3.63) is 39.0 Å². The molecule has 0 aliphatic heterocycles. The molecule has 2 aromatic rings. The van der Waals surface area contributed by atoms with Crippen molar-refractivity contribution >= 4 is 55.2 Å². The zero-order chi connectivity index (χ0) is 14.7. The van der Waals surface area contributed by atoms with Crippen LogP contribution in [-0.4, -0.2) is 27.3 Å². The summed E-state index contributed by atoms with van der Waals surface area (Å²) in [5.41, 5.74) is 0.600. The van der Waals surface area contributed by atoms with Crippen LogP contribution in [0.25, 0.3) is 0 Å². The van der Waals surface area contributed by atoms with E-state index >= 15 is 0 Å². The maximum atomic E-state index is 11.8. The van der Waals surface area contributed by atoms with E-state index in [1.54, 1.807) is 6.07 Å². The number of carbonyl (C=O) groups excluding carboxylic acids is 1. The van der Waals surface area contributed by atoms with Gasteiger partial charge in [-0.15, -0.1) is 0 Å². The Kier molecular flexibility index (Phi) is 4.40. The first-order valence-electron chi connectivity index (χ1n) is 5.26. The fourth-order valence-corrected chi connectivity index (χ4v) is 2.79. The third kappa shape index (κ3) is 3.36. The maximum absolute atomic E-state index is 11.8. The third-order valence-corrected chi connectivity index (χ3v) is 3.36. The molecular formula is C11H8Br2N4O3. The Labute approximate surface area is 130 Å². The van der Waals surface area contributed by atoms with Crippen LogP contribution in [0, 0.1) is 0 Å². The van der Waals surface area contributed by atoms with E-state index in [-0.39, 0.29) is 11.3 Å². The molecule has 0 saturated heterocycles. The number of benzene rings is 1. The molecule has 1 aromatic carbocycles. The van der Waals surface area contributed by atoms with E-state index in [9.17, 15) is 9.59 Å². The van der Waals surface area contributed by atoms with Crippen LogP contribution < -0.4 is 10.6 Å². The summed E-state index contributed by atoms with van der Waals surface area (Å²) in [7, 11) is 0. The number of H-pyrrole nitrogens is 1. The van der Waals surface area contributed by atoms with Crippen LogP contribution in [0.15, 0.2) is 33.5 Å². The minimum atomic E-state index is -1.15. The highest BCUT2D eigenvalue weighted by Crippen LogP contribution is 2.31. The highest BCUT2D eigenvalue weighted by Gasteiger charge is 2.17. The number of halogens is 2. The Bertz CT molecular complexity index is 658. The Morgan fingerprint density at radius 2 is 2.00 bits per heavy atom. The Morgan fingerprint density at radius 3 is 2.60 bits per heavy atom. The Hall–Kier alpha value is -1.87. The molecule has 20 heavy (non-hydrogen) atoms. The maximum Gasteiger partial charge on any atom is 0.337 e. The third-order valence-electron chi connectivity index (χ3n) is 2.28. The molecule has 104 valence electrons. The lowest BCUT2D eigenvalue weighted by Crippen LogP contribution is -2.21. The summed E-state index contributed by atoms with van der Waals surface area (Å²) in [5, 5.41) is 20.4. The minimum absolute atomic E-state index is 0.0337. The molecular weight excluding hydrogens is 396 g/mol. The highest BCUT2D eigenvalue weighted by atomic mass is 79.9. The van der Waals surface area contributed by atoms with Crippen molar-refractivity contribution < 1.29 is 14.7 Å². The summed E-state index contributed by atoms with van der Waals surface area (Å²) in [4.78, 5) is 23.0. The highest BCUT2D eigenvalue weighted by molar-refractivity contribution is 9.11. The molecule has 0 spiro atoms. The van der Waals surface area contributed by atoms with Gasteiger partial charge in [0.1, 0.15) is 0 Å². The zero-order valence-electron chi connectivity index (χ0n) is 9.78. The molecule has 0 fully saturated rings. The first-order valence-corrected chi connectivity index (χ1v) is 6.85. The second kappa shape index (κ2) is 6.06. The number of amides is 2. The summed E-state index contributed by atoms with van der Waals surface area (Å²) in [5.74, 6) is -1.15. The molecule has 0 atom stereocenters. The van der Waals surface area contributed by atoms with Gasteiger partial charge >= 0.3 is 12.0 Å². The number of hydrogen-bond donors (Lipinski definition) is 4. The van der Waals surface area contributed by atoms with E-state index in [2.05, 4.69) is 52.7 Å². The molecule has 0 aliphatic carbocycles. The number of rotatable bonds is 3. The van der Waals surface area contributed by atoms with Crippen LogP contribution in [-0.2, 0) is 0 Å². The summed E-state index contributed by atoms with van der Waals surface area (Å²) in [6.07, 6.45) is 2.92. The lowest BCUT2D eigenvalue weighted by atomic mass is 10.2. The number of aromatic nitrogens is 2. The number of hydrogen-bond acceptors (Lipinski definition) is 3. The second-order valence-corrected chi connectivity index (χ2v) is 5.45. The monoisotopic (exact) mass is 402 g/mol. The van der Waals surface area contributed by atoms with Gasteiger partial charge in [-0.05, 0) is 28.1 Å². The van der Waals surface area contributed by atoms with E-state index in [0.717, 1.165) is 0 Å². The van der Waals surface area contributed by atoms with Gasteiger partial charge in [0.25, 0.3) is 0 Å². The molecule has 0 saturated carbocycles. The summed E-state index contributed by atoms with van der Waals surface area (Å²) < 4.78 is 1.04. The molecule has 0 aliphatic rings. The Balaban J connectivity index is 2.24. The van der Waals surface area contributed by atoms with E-state index in [0.29, 0.717) is 14.6 Å². The minimum Gasteiger partial charge on any atom is -0.478 e. The summed E-state index contributed by atoms with van der Waals surface area (Å²) in [6, 6.07) is 2.47. The van der Waals surface area contributed by atoms with Crippen LogP contribution in [0.4, 0.5) is 16.2 Å². The molecule has 9 heteroatoms. The van der Waals surface area contributed by atoms with Gasteiger partial charge in [-0.25, -0.2) is 9.59 Å². The molecule has 2 amide bonds. The lowest BCUT2D eigenvalue weighted by molar-refractivity contribution is 0.0698. The molecule has 1 aromatic heterocycles. The van der Waals surface area contributed by atoms with Crippen molar-refractivity contribution in [3.63, 3.8) is 0 Å². The largest absolute Gasteiger partial charge is 0.478 e. The fourth-order valence-electron chi connectivity index (χ4n) is 1.46. The van der Waals surface area contributed by atoms with Crippen molar-refractivity contribution in [2.24, 2.45) is 0 Å². The number of carbonyl (C=O) groups is 2. The molecule has 0 radical (unpaired) electrons. The van der Waals surface area contributed by atoms with Crippen LogP contribution in [0.5, 0.6) is 0 Å². The normalized spacial score (nSPS) is 10.1. The molecule has 4 N–H and O–H groups in total. The van der Waals surface area contributed by atoms with E-state index in [1.165, 1.54) is 18.5 Å².